The Morgan fingerprint density at radius 1 is 1.04 bits per heavy atom. The maximum absolute atomic E-state index is 12.3. The molecule has 0 unspecified atom stereocenters. The van der Waals surface area contributed by atoms with Gasteiger partial charge in [0, 0.05) is 30.5 Å². The average molecular weight is 370 g/mol. The van der Waals surface area contributed by atoms with E-state index < -0.39 is 0 Å². The number of aromatic nitrogens is 3. The molecule has 28 heavy (non-hydrogen) atoms. The SMILES string of the molecule is Cc1cc(N=Nc2cccc3cccnc23)ccc1NC(=O)c1ccnn1C. The first-order chi connectivity index (χ1) is 13.6. The molecule has 0 saturated carbocycles. The summed E-state index contributed by atoms with van der Waals surface area (Å²) >= 11 is 0. The van der Waals surface area contributed by atoms with Crippen molar-refractivity contribution in [2.24, 2.45) is 17.3 Å². The molecule has 0 spiro atoms. The van der Waals surface area contributed by atoms with Crippen LogP contribution in [0.5, 0.6) is 0 Å². The van der Waals surface area contributed by atoms with Crippen molar-refractivity contribution in [3.63, 3.8) is 0 Å². The highest BCUT2D eigenvalue weighted by Gasteiger charge is 2.11. The number of pyridine rings is 1. The lowest BCUT2D eigenvalue weighted by Crippen LogP contribution is -2.16. The van der Waals surface area contributed by atoms with Crippen LogP contribution < -0.4 is 5.32 Å². The van der Waals surface area contributed by atoms with Gasteiger partial charge in [0.2, 0.25) is 0 Å². The molecule has 0 radical (unpaired) electrons. The Kier molecular flexibility index (Phi) is 4.63. The van der Waals surface area contributed by atoms with Gasteiger partial charge in [-0.15, -0.1) is 5.11 Å². The largest absolute Gasteiger partial charge is 0.320 e. The lowest BCUT2D eigenvalue weighted by molar-refractivity contribution is 0.101. The van der Waals surface area contributed by atoms with Crippen LogP contribution in [0, 0.1) is 6.92 Å². The Hall–Kier alpha value is -3.87. The number of fused-ring (bicyclic) bond motifs is 1. The van der Waals surface area contributed by atoms with Gasteiger partial charge >= 0.3 is 0 Å². The zero-order chi connectivity index (χ0) is 19.5. The number of hydrogen-bond acceptors (Lipinski definition) is 5. The number of nitrogens with one attached hydrogen (secondary N) is 1. The van der Waals surface area contributed by atoms with Crippen LogP contribution in [0.3, 0.4) is 0 Å². The molecule has 138 valence electrons. The van der Waals surface area contributed by atoms with Gasteiger partial charge in [-0.05, 0) is 48.9 Å². The van der Waals surface area contributed by atoms with Gasteiger partial charge < -0.3 is 5.32 Å². The molecule has 0 saturated heterocycles. The molecular weight excluding hydrogens is 352 g/mol. The predicted molar refractivity (Wildman–Crippen MR) is 108 cm³/mol. The highest BCUT2D eigenvalue weighted by molar-refractivity contribution is 6.03. The molecule has 1 N–H and O–H groups in total. The minimum Gasteiger partial charge on any atom is -0.320 e. The van der Waals surface area contributed by atoms with Gasteiger partial charge in [0.05, 0.1) is 11.2 Å². The van der Waals surface area contributed by atoms with Crippen molar-refractivity contribution in [2.45, 2.75) is 6.92 Å². The Balaban J connectivity index is 1.55. The molecule has 1 amide bonds. The second-order valence-corrected chi connectivity index (χ2v) is 6.35. The van der Waals surface area contributed by atoms with Crippen LogP contribution in [0.25, 0.3) is 10.9 Å². The lowest BCUT2D eigenvalue weighted by Gasteiger charge is -2.09. The maximum Gasteiger partial charge on any atom is 0.273 e. The third-order valence-electron chi connectivity index (χ3n) is 4.40. The Morgan fingerprint density at radius 2 is 1.89 bits per heavy atom. The van der Waals surface area contributed by atoms with Crippen LogP contribution in [0.1, 0.15) is 16.1 Å². The van der Waals surface area contributed by atoms with Gasteiger partial charge in [0.1, 0.15) is 11.4 Å². The molecule has 7 nitrogen and oxygen atoms in total. The fraction of sp³-hybridized carbons (Fsp3) is 0.0952. The first-order valence-electron chi connectivity index (χ1n) is 8.77. The molecular formula is C21H18N6O. The molecule has 0 aliphatic rings. The summed E-state index contributed by atoms with van der Waals surface area (Å²) in [5.41, 5.74) is 4.32. The van der Waals surface area contributed by atoms with Gasteiger partial charge in [-0.25, -0.2) is 0 Å². The van der Waals surface area contributed by atoms with E-state index in [1.165, 1.54) is 4.68 Å². The van der Waals surface area contributed by atoms with Crippen molar-refractivity contribution >= 4 is 33.9 Å². The third-order valence-corrected chi connectivity index (χ3v) is 4.40. The number of rotatable bonds is 4. The van der Waals surface area contributed by atoms with Crippen LogP contribution in [0.4, 0.5) is 17.1 Å². The molecule has 4 rings (SSSR count). The molecule has 0 fully saturated rings. The number of benzene rings is 2. The summed E-state index contributed by atoms with van der Waals surface area (Å²) in [6.07, 6.45) is 3.33. The van der Waals surface area contributed by atoms with E-state index in [1.807, 2.05) is 55.5 Å². The van der Waals surface area contributed by atoms with Gasteiger partial charge in [-0.3, -0.25) is 14.5 Å². The van der Waals surface area contributed by atoms with E-state index in [0.717, 1.165) is 22.2 Å². The fourth-order valence-corrected chi connectivity index (χ4v) is 2.91. The summed E-state index contributed by atoms with van der Waals surface area (Å²) in [6, 6.07) is 16.9. The van der Waals surface area contributed by atoms with Crippen molar-refractivity contribution in [2.75, 3.05) is 5.32 Å². The van der Waals surface area contributed by atoms with Crippen molar-refractivity contribution < 1.29 is 4.79 Å². The minimum atomic E-state index is -0.209. The normalized spacial score (nSPS) is 11.2. The summed E-state index contributed by atoms with van der Waals surface area (Å²) in [5.74, 6) is -0.209. The lowest BCUT2D eigenvalue weighted by atomic mass is 10.1. The fourth-order valence-electron chi connectivity index (χ4n) is 2.91. The second-order valence-electron chi connectivity index (χ2n) is 6.35. The summed E-state index contributed by atoms with van der Waals surface area (Å²) in [5, 5.41) is 16.6. The van der Waals surface area contributed by atoms with Crippen LogP contribution in [-0.4, -0.2) is 20.7 Å². The van der Waals surface area contributed by atoms with E-state index in [4.69, 9.17) is 0 Å². The first kappa shape index (κ1) is 17.5. The van der Waals surface area contributed by atoms with E-state index >= 15 is 0 Å². The Labute approximate surface area is 161 Å². The van der Waals surface area contributed by atoms with Crippen molar-refractivity contribution in [1.29, 1.82) is 0 Å². The molecule has 0 aliphatic carbocycles. The summed E-state index contributed by atoms with van der Waals surface area (Å²) in [7, 11) is 1.73. The smallest absolute Gasteiger partial charge is 0.273 e. The van der Waals surface area contributed by atoms with E-state index in [9.17, 15) is 4.79 Å². The number of anilines is 1. The molecule has 2 aromatic heterocycles. The molecule has 0 atom stereocenters. The topological polar surface area (TPSA) is 84.5 Å². The van der Waals surface area contributed by atoms with Gasteiger partial charge in [-0.2, -0.15) is 10.2 Å². The monoisotopic (exact) mass is 370 g/mol. The van der Waals surface area contributed by atoms with E-state index in [-0.39, 0.29) is 5.91 Å². The summed E-state index contributed by atoms with van der Waals surface area (Å²) in [6.45, 7) is 1.91. The number of azo groups is 1. The predicted octanol–water partition coefficient (Wildman–Crippen LogP) is 4.94. The first-order valence-corrected chi connectivity index (χ1v) is 8.77. The molecule has 4 aromatic rings. The third kappa shape index (κ3) is 3.50. The standard InChI is InChI=1S/C21H18N6O/c1-14-13-16(8-9-17(14)24-21(28)19-10-12-23-27(19)2)25-26-18-7-3-5-15-6-4-11-22-20(15)18/h3-13H,1-2H3,(H,24,28). The zero-order valence-corrected chi connectivity index (χ0v) is 15.5. The minimum absolute atomic E-state index is 0.209. The number of carbonyl (C=O) groups excluding carboxylic acids is 1. The van der Waals surface area contributed by atoms with Gasteiger partial charge in [-0.1, -0.05) is 18.2 Å². The molecule has 2 aromatic carbocycles. The summed E-state index contributed by atoms with van der Waals surface area (Å²) in [4.78, 5) is 16.7. The number of amides is 1. The molecule has 2 heterocycles. The second kappa shape index (κ2) is 7.40. The van der Waals surface area contributed by atoms with Gasteiger partial charge in [0.15, 0.2) is 0 Å². The van der Waals surface area contributed by atoms with Crippen LogP contribution in [0.2, 0.25) is 0 Å². The highest BCUT2D eigenvalue weighted by Crippen LogP contribution is 2.27. The van der Waals surface area contributed by atoms with E-state index in [1.54, 1.807) is 25.5 Å². The average Bonchev–Trinajstić information content (AvgIpc) is 3.14. The maximum atomic E-state index is 12.3. The van der Waals surface area contributed by atoms with E-state index in [0.29, 0.717) is 17.1 Å². The number of para-hydroxylation sites is 1. The van der Waals surface area contributed by atoms with Crippen LogP contribution >= 0.6 is 0 Å². The van der Waals surface area contributed by atoms with Gasteiger partial charge in [0.25, 0.3) is 5.91 Å². The quantitative estimate of drug-likeness (QED) is 0.516. The van der Waals surface area contributed by atoms with Crippen molar-refractivity contribution in [1.82, 2.24) is 14.8 Å². The number of carbonyl (C=O) groups is 1. The molecule has 7 heteroatoms. The Morgan fingerprint density at radius 3 is 2.68 bits per heavy atom. The van der Waals surface area contributed by atoms with Crippen molar-refractivity contribution in [3.05, 3.63) is 78.2 Å². The van der Waals surface area contributed by atoms with Crippen molar-refractivity contribution in [3.8, 4) is 0 Å². The Bertz CT molecular complexity index is 1190. The zero-order valence-electron chi connectivity index (χ0n) is 15.5. The molecule has 0 aliphatic heterocycles. The summed E-state index contributed by atoms with van der Waals surface area (Å²) < 4.78 is 1.53. The highest BCUT2D eigenvalue weighted by atomic mass is 16.2. The van der Waals surface area contributed by atoms with Crippen LogP contribution in [0.15, 0.2) is 77.2 Å². The van der Waals surface area contributed by atoms with E-state index in [2.05, 4.69) is 25.6 Å². The van der Waals surface area contributed by atoms with Crippen LogP contribution in [-0.2, 0) is 7.05 Å². The number of aryl methyl sites for hydroxylation is 2. The number of hydrogen-bond donors (Lipinski definition) is 1. The number of nitrogens with zero attached hydrogens (tertiary/aromatic N) is 5. The molecule has 0 bridgehead atoms.